The third-order valence-electron chi connectivity index (χ3n) is 2.56. The number of hydrogen-bond acceptors (Lipinski definition) is 3. The quantitative estimate of drug-likeness (QED) is 0.743. The molecule has 3 heteroatoms. The molecule has 1 aromatic carbocycles. The maximum atomic E-state index is 9.16. The van der Waals surface area contributed by atoms with Gasteiger partial charge in [0.15, 0.2) is 0 Å². The van der Waals surface area contributed by atoms with Gasteiger partial charge in [0.05, 0.1) is 0 Å². The molecule has 1 aromatic rings. The van der Waals surface area contributed by atoms with Gasteiger partial charge >= 0.3 is 0 Å². The second kappa shape index (κ2) is 5.27. The molecule has 0 aliphatic heterocycles. The molecule has 0 radical (unpaired) electrons. The van der Waals surface area contributed by atoms with E-state index >= 15 is 0 Å². The Bertz CT molecular complexity index is 407. The number of benzene rings is 1. The van der Waals surface area contributed by atoms with Gasteiger partial charge in [-0.05, 0) is 38.7 Å². The first-order valence-electron chi connectivity index (χ1n) is 5.30. The van der Waals surface area contributed by atoms with Gasteiger partial charge in [0, 0.05) is 4.90 Å². The van der Waals surface area contributed by atoms with Crippen LogP contribution in [0.4, 0.5) is 0 Å². The number of hydrogen-bond donors (Lipinski definition) is 0. The van der Waals surface area contributed by atoms with Crippen molar-refractivity contribution in [3.8, 4) is 11.8 Å². The van der Waals surface area contributed by atoms with Crippen LogP contribution in [-0.2, 0) is 0 Å². The minimum Gasteiger partial charge on any atom is -0.486 e. The van der Waals surface area contributed by atoms with Gasteiger partial charge < -0.3 is 4.74 Å². The number of thioether (sulfide) groups is 1. The lowest BCUT2D eigenvalue weighted by molar-refractivity contribution is 0.104. The van der Waals surface area contributed by atoms with Crippen LogP contribution in [0, 0.1) is 11.3 Å². The van der Waals surface area contributed by atoms with E-state index in [1.54, 1.807) is 11.8 Å². The fourth-order valence-electron chi connectivity index (χ4n) is 1.25. The molecule has 2 nitrogen and oxygen atoms in total. The fourth-order valence-corrected chi connectivity index (χ4v) is 1.81. The Labute approximate surface area is 102 Å². The summed E-state index contributed by atoms with van der Waals surface area (Å²) in [6.45, 7) is 6.13. The average molecular weight is 235 g/mol. The summed E-state index contributed by atoms with van der Waals surface area (Å²) in [5.74, 6) is 0.682. The predicted molar refractivity (Wildman–Crippen MR) is 67.9 cm³/mol. The minimum atomic E-state index is -0.234. The normalized spacial score (nSPS) is 10.9. The van der Waals surface area contributed by atoms with Crippen LogP contribution in [0.5, 0.6) is 5.75 Å². The summed E-state index contributed by atoms with van der Waals surface area (Å²) in [4.78, 5) is 0.965. The van der Waals surface area contributed by atoms with Gasteiger partial charge in [-0.25, -0.2) is 0 Å². The largest absolute Gasteiger partial charge is 0.486 e. The second-order valence-electron chi connectivity index (χ2n) is 4.16. The molecule has 0 spiro atoms. The van der Waals surface area contributed by atoms with Crippen LogP contribution in [0.1, 0.15) is 32.8 Å². The van der Waals surface area contributed by atoms with E-state index in [4.69, 9.17) is 10.00 Å². The van der Waals surface area contributed by atoms with Gasteiger partial charge in [-0.2, -0.15) is 5.26 Å². The Morgan fingerprint density at radius 2 is 2.12 bits per heavy atom. The van der Waals surface area contributed by atoms with E-state index < -0.39 is 0 Å². The van der Waals surface area contributed by atoms with Gasteiger partial charge in [-0.3, -0.25) is 0 Å². The molecular formula is C13H17NOS. The van der Waals surface area contributed by atoms with Crippen LogP contribution in [0.25, 0.3) is 0 Å². The van der Waals surface area contributed by atoms with Crippen LogP contribution in [0.3, 0.4) is 0 Å². The highest BCUT2D eigenvalue weighted by atomic mass is 32.2. The minimum absolute atomic E-state index is 0.234. The standard InChI is InChI=1S/C13H17NOS/c1-5-13(2,3)15-11-7-6-8-12(16-4)10(11)9-14/h6-8H,5H2,1-4H3. The van der Waals surface area contributed by atoms with Gasteiger partial charge in [0.25, 0.3) is 0 Å². The average Bonchev–Trinajstić information content (AvgIpc) is 2.28. The van der Waals surface area contributed by atoms with Crippen molar-refractivity contribution >= 4 is 11.8 Å². The summed E-state index contributed by atoms with van der Waals surface area (Å²) < 4.78 is 5.88. The zero-order valence-corrected chi connectivity index (χ0v) is 11.0. The molecule has 0 heterocycles. The number of ether oxygens (including phenoxy) is 1. The van der Waals surface area contributed by atoms with E-state index in [1.165, 1.54) is 0 Å². The Hall–Kier alpha value is -1.14. The van der Waals surface area contributed by atoms with Gasteiger partial charge in [-0.1, -0.05) is 13.0 Å². The van der Waals surface area contributed by atoms with Crippen molar-refractivity contribution in [2.24, 2.45) is 0 Å². The zero-order chi connectivity index (χ0) is 12.2. The maximum Gasteiger partial charge on any atom is 0.139 e. The summed E-state index contributed by atoms with van der Waals surface area (Å²) in [5.41, 5.74) is 0.402. The fraction of sp³-hybridized carbons (Fsp3) is 0.462. The van der Waals surface area contributed by atoms with E-state index in [0.29, 0.717) is 11.3 Å². The van der Waals surface area contributed by atoms with Crippen molar-refractivity contribution in [3.63, 3.8) is 0 Å². The van der Waals surface area contributed by atoms with Crippen molar-refractivity contribution in [2.45, 2.75) is 37.7 Å². The lowest BCUT2D eigenvalue weighted by Gasteiger charge is -2.25. The molecule has 0 N–H and O–H groups in total. The Morgan fingerprint density at radius 1 is 1.44 bits per heavy atom. The van der Waals surface area contributed by atoms with Gasteiger partial charge in [0.2, 0.25) is 0 Å². The Balaban J connectivity index is 3.10. The lowest BCUT2D eigenvalue weighted by Crippen LogP contribution is -2.27. The molecule has 0 aliphatic carbocycles. The third-order valence-corrected chi connectivity index (χ3v) is 3.34. The van der Waals surface area contributed by atoms with Crippen molar-refractivity contribution in [3.05, 3.63) is 23.8 Å². The van der Waals surface area contributed by atoms with Crippen molar-refractivity contribution in [1.29, 1.82) is 5.26 Å². The van der Waals surface area contributed by atoms with Crippen molar-refractivity contribution in [2.75, 3.05) is 6.26 Å². The van der Waals surface area contributed by atoms with Crippen molar-refractivity contribution in [1.82, 2.24) is 0 Å². The molecule has 0 aromatic heterocycles. The molecule has 86 valence electrons. The Morgan fingerprint density at radius 3 is 2.62 bits per heavy atom. The van der Waals surface area contributed by atoms with Crippen LogP contribution in [0.15, 0.2) is 23.1 Å². The molecule has 0 saturated heterocycles. The van der Waals surface area contributed by atoms with Crippen LogP contribution >= 0.6 is 11.8 Å². The van der Waals surface area contributed by atoms with Crippen LogP contribution in [-0.4, -0.2) is 11.9 Å². The molecule has 0 aliphatic rings. The summed E-state index contributed by atoms with van der Waals surface area (Å²) in [5, 5.41) is 9.16. The SMILES string of the molecule is CCC(C)(C)Oc1cccc(SC)c1C#N. The molecule has 16 heavy (non-hydrogen) atoms. The van der Waals surface area contributed by atoms with E-state index in [9.17, 15) is 0 Å². The first-order valence-corrected chi connectivity index (χ1v) is 6.52. The first-order chi connectivity index (χ1) is 7.54. The summed E-state index contributed by atoms with van der Waals surface area (Å²) in [6, 6.07) is 7.94. The molecule has 0 unspecified atom stereocenters. The molecule has 0 fully saturated rings. The highest BCUT2D eigenvalue weighted by molar-refractivity contribution is 7.98. The highest BCUT2D eigenvalue weighted by Gasteiger charge is 2.19. The molecular weight excluding hydrogens is 218 g/mol. The molecule has 0 amide bonds. The summed E-state index contributed by atoms with van der Waals surface area (Å²) >= 11 is 1.57. The van der Waals surface area contributed by atoms with Crippen LogP contribution in [0.2, 0.25) is 0 Å². The zero-order valence-electron chi connectivity index (χ0n) is 10.2. The van der Waals surface area contributed by atoms with Crippen LogP contribution < -0.4 is 4.74 Å². The molecule has 0 bridgehead atoms. The predicted octanol–water partition coefficient (Wildman–Crippen LogP) is 3.85. The second-order valence-corrected chi connectivity index (χ2v) is 5.01. The molecule has 0 atom stereocenters. The summed E-state index contributed by atoms with van der Waals surface area (Å²) in [6.07, 6.45) is 2.87. The van der Waals surface area contributed by atoms with E-state index in [1.807, 2.05) is 38.3 Å². The molecule has 1 rings (SSSR count). The van der Waals surface area contributed by atoms with Gasteiger partial charge in [-0.15, -0.1) is 11.8 Å². The number of nitriles is 1. The Kier molecular flexibility index (Phi) is 4.26. The van der Waals surface area contributed by atoms with E-state index in [0.717, 1.165) is 11.3 Å². The number of nitrogens with zero attached hydrogens (tertiary/aromatic N) is 1. The van der Waals surface area contributed by atoms with E-state index in [2.05, 4.69) is 13.0 Å². The summed E-state index contributed by atoms with van der Waals surface area (Å²) in [7, 11) is 0. The topological polar surface area (TPSA) is 33.0 Å². The number of rotatable bonds is 4. The molecule has 0 saturated carbocycles. The van der Waals surface area contributed by atoms with Gasteiger partial charge in [0.1, 0.15) is 23.0 Å². The maximum absolute atomic E-state index is 9.16. The van der Waals surface area contributed by atoms with Crippen molar-refractivity contribution < 1.29 is 4.74 Å². The lowest BCUT2D eigenvalue weighted by atomic mass is 10.1. The third kappa shape index (κ3) is 2.93. The smallest absolute Gasteiger partial charge is 0.139 e. The van der Waals surface area contributed by atoms with E-state index in [-0.39, 0.29) is 5.60 Å². The monoisotopic (exact) mass is 235 g/mol. The first kappa shape index (κ1) is 12.9. The highest BCUT2D eigenvalue weighted by Crippen LogP contribution is 2.31.